The molecule has 0 saturated heterocycles. The number of amides is 1. The second-order valence-corrected chi connectivity index (χ2v) is 6.54. The molecule has 1 unspecified atom stereocenters. The summed E-state index contributed by atoms with van der Waals surface area (Å²) in [5, 5.41) is 21.2. The van der Waals surface area contributed by atoms with Crippen LogP contribution in [-0.2, 0) is 4.79 Å². The van der Waals surface area contributed by atoms with Crippen molar-refractivity contribution in [1.82, 2.24) is 5.32 Å². The first-order valence-corrected chi connectivity index (χ1v) is 7.11. The van der Waals surface area contributed by atoms with Crippen LogP contribution in [0.4, 0.5) is 0 Å². The number of hydrogen-bond donors (Lipinski definition) is 3. The van der Waals surface area contributed by atoms with Crippen LogP contribution in [0.2, 0.25) is 0 Å². The molecule has 1 aromatic rings. The Morgan fingerprint density at radius 3 is 2.50 bits per heavy atom. The number of carbonyl (C=O) groups is 2. The molecule has 0 aromatic heterocycles. The van der Waals surface area contributed by atoms with Gasteiger partial charge in [0.25, 0.3) is 5.91 Å². The number of carbonyl (C=O) groups excluding carboxylic acids is 1. The van der Waals surface area contributed by atoms with E-state index in [-0.39, 0.29) is 6.54 Å². The van der Waals surface area contributed by atoms with Crippen molar-refractivity contribution in [1.29, 1.82) is 0 Å². The third-order valence-corrected chi connectivity index (χ3v) is 3.63. The topological polar surface area (TPSA) is 86.6 Å². The van der Waals surface area contributed by atoms with Crippen molar-refractivity contribution in [3.63, 3.8) is 0 Å². The number of benzene rings is 1. The SMILES string of the molecule is CC(C)Sc1ccccc1C(=O)NCC(C)(O)C(=O)O. The standard InChI is InChI=1S/C14H19NO4S/c1-9(2)20-11-7-5-4-6-10(11)12(16)15-8-14(3,19)13(17)18/h4-7,9,19H,8H2,1-3H3,(H,15,16)(H,17,18). The average molecular weight is 297 g/mol. The van der Waals surface area contributed by atoms with Crippen molar-refractivity contribution in [3.8, 4) is 0 Å². The number of aliphatic hydroxyl groups is 1. The van der Waals surface area contributed by atoms with Crippen molar-refractivity contribution >= 4 is 23.6 Å². The molecule has 1 aromatic carbocycles. The number of carboxylic acids is 1. The van der Waals surface area contributed by atoms with Gasteiger partial charge in [0, 0.05) is 10.1 Å². The van der Waals surface area contributed by atoms with Gasteiger partial charge in [-0.1, -0.05) is 26.0 Å². The predicted molar refractivity (Wildman–Crippen MR) is 78.0 cm³/mol. The van der Waals surface area contributed by atoms with Gasteiger partial charge < -0.3 is 15.5 Å². The molecule has 1 atom stereocenters. The smallest absolute Gasteiger partial charge is 0.337 e. The molecular weight excluding hydrogens is 278 g/mol. The van der Waals surface area contributed by atoms with Crippen LogP contribution in [0.3, 0.4) is 0 Å². The van der Waals surface area contributed by atoms with E-state index in [4.69, 9.17) is 5.11 Å². The van der Waals surface area contributed by atoms with E-state index in [9.17, 15) is 14.7 Å². The van der Waals surface area contributed by atoms with E-state index in [0.717, 1.165) is 11.8 Å². The van der Waals surface area contributed by atoms with Crippen LogP contribution in [0.25, 0.3) is 0 Å². The summed E-state index contributed by atoms with van der Waals surface area (Å²) in [7, 11) is 0. The van der Waals surface area contributed by atoms with Crippen LogP contribution in [0.1, 0.15) is 31.1 Å². The molecule has 3 N–H and O–H groups in total. The largest absolute Gasteiger partial charge is 0.479 e. The maximum absolute atomic E-state index is 12.1. The predicted octanol–water partition coefficient (Wildman–Crippen LogP) is 1.75. The second kappa shape index (κ2) is 6.76. The Balaban J connectivity index is 2.80. The number of nitrogens with one attached hydrogen (secondary N) is 1. The summed E-state index contributed by atoms with van der Waals surface area (Å²) >= 11 is 1.55. The normalized spacial score (nSPS) is 13.8. The van der Waals surface area contributed by atoms with Gasteiger partial charge in [0.15, 0.2) is 5.60 Å². The van der Waals surface area contributed by atoms with Gasteiger partial charge in [-0.25, -0.2) is 4.79 Å². The summed E-state index contributed by atoms with van der Waals surface area (Å²) in [6.45, 7) is 4.84. The third kappa shape index (κ3) is 4.54. The lowest BCUT2D eigenvalue weighted by molar-refractivity contribution is -0.155. The van der Waals surface area contributed by atoms with Gasteiger partial charge in [0.05, 0.1) is 12.1 Å². The summed E-state index contributed by atoms with van der Waals surface area (Å²) in [5.41, 5.74) is -1.50. The maximum atomic E-state index is 12.1. The lowest BCUT2D eigenvalue weighted by atomic mass is 10.1. The minimum Gasteiger partial charge on any atom is -0.479 e. The highest BCUT2D eigenvalue weighted by atomic mass is 32.2. The van der Waals surface area contributed by atoms with E-state index in [1.807, 2.05) is 26.0 Å². The molecule has 0 saturated carbocycles. The van der Waals surface area contributed by atoms with Crippen LogP contribution in [0.5, 0.6) is 0 Å². The Hall–Kier alpha value is -1.53. The van der Waals surface area contributed by atoms with E-state index < -0.39 is 17.5 Å². The Kier molecular flexibility index (Phi) is 5.59. The van der Waals surface area contributed by atoms with Crippen molar-refractivity contribution in [3.05, 3.63) is 29.8 Å². The second-order valence-electron chi connectivity index (χ2n) is 4.92. The maximum Gasteiger partial charge on any atom is 0.337 e. The van der Waals surface area contributed by atoms with Crippen molar-refractivity contribution in [2.45, 2.75) is 36.5 Å². The molecule has 0 radical (unpaired) electrons. The number of hydrogen-bond acceptors (Lipinski definition) is 4. The van der Waals surface area contributed by atoms with E-state index in [2.05, 4.69) is 5.32 Å². The lowest BCUT2D eigenvalue weighted by Crippen LogP contribution is -2.46. The highest BCUT2D eigenvalue weighted by Gasteiger charge is 2.30. The fourth-order valence-corrected chi connectivity index (χ4v) is 2.39. The highest BCUT2D eigenvalue weighted by molar-refractivity contribution is 8.00. The number of thioether (sulfide) groups is 1. The zero-order chi connectivity index (χ0) is 15.3. The van der Waals surface area contributed by atoms with Gasteiger partial charge in [-0.2, -0.15) is 0 Å². The van der Waals surface area contributed by atoms with Gasteiger partial charge in [0.1, 0.15) is 0 Å². The summed E-state index contributed by atoms with van der Waals surface area (Å²) < 4.78 is 0. The molecule has 6 heteroatoms. The minimum atomic E-state index is -1.98. The van der Waals surface area contributed by atoms with Crippen LogP contribution in [0.15, 0.2) is 29.2 Å². The van der Waals surface area contributed by atoms with E-state index >= 15 is 0 Å². The molecule has 0 heterocycles. The van der Waals surface area contributed by atoms with Crippen LogP contribution >= 0.6 is 11.8 Å². The first-order valence-electron chi connectivity index (χ1n) is 6.23. The van der Waals surface area contributed by atoms with Crippen LogP contribution in [-0.4, -0.2) is 39.5 Å². The van der Waals surface area contributed by atoms with Gasteiger partial charge >= 0.3 is 5.97 Å². The first kappa shape index (κ1) is 16.5. The fourth-order valence-electron chi connectivity index (χ4n) is 1.43. The molecule has 110 valence electrons. The van der Waals surface area contributed by atoms with E-state index in [0.29, 0.717) is 10.8 Å². The Morgan fingerprint density at radius 2 is 1.95 bits per heavy atom. The van der Waals surface area contributed by atoms with Crippen molar-refractivity contribution in [2.24, 2.45) is 0 Å². The number of aliphatic carboxylic acids is 1. The van der Waals surface area contributed by atoms with E-state index in [1.54, 1.807) is 23.9 Å². The minimum absolute atomic E-state index is 0.325. The summed E-state index contributed by atoms with van der Waals surface area (Å²) in [5.74, 6) is -1.77. The first-order chi connectivity index (χ1) is 9.24. The molecule has 0 spiro atoms. The molecule has 0 fully saturated rings. The van der Waals surface area contributed by atoms with Crippen LogP contribution in [0, 0.1) is 0 Å². The molecule has 0 aliphatic carbocycles. The van der Waals surface area contributed by atoms with Crippen molar-refractivity contribution in [2.75, 3.05) is 6.54 Å². The van der Waals surface area contributed by atoms with E-state index in [1.165, 1.54) is 0 Å². The molecule has 1 rings (SSSR count). The van der Waals surface area contributed by atoms with Gasteiger partial charge in [-0.05, 0) is 19.1 Å². The van der Waals surface area contributed by atoms with Gasteiger partial charge in [0.2, 0.25) is 0 Å². The molecule has 0 bridgehead atoms. The third-order valence-electron chi connectivity index (χ3n) is 2.55. The molecule has 5 nitrogen and oxygen atoms in total. The Morgan fingerprint density at radius 1 is 1.35 bits per heavy atom. The molecule has 1 amide bonds. The highest BCUT2D eigenvalue weighted by Crippen LogP contribution is 2.26. The zero-order valence-corrected chi connectivity index (χ0v) is 12.5. The van der Waals surface area contributed by atoms with Crippen LogP contribution < -0.4 is 5.32 Å². The zero-order valence-electron chi connectivity index (χ0n) is 11.7. The summed E-state index contributed by atoms with van der Waals surface area (Å²) in [6.07, 6.45) is 0. The van der Waals surface area contributed by atoms with Gasteiger partial charge in [-0.15, -0.1) is 11.8 Å². The number of rotatable bonds is 6. The Labute approximate surface area is 122 Å². The quantitative estimate of drug-likeness (QED) is 0.696. The fraction of sp³-hybridized carbons (Fsp3) is 0.429. The number of carboxylic acid groups (broad SMARTS) is 1. The summed E-state index contributed by atoms with van der Waals surface area (Å²) in [4.78, 5) is 23.7. The molecule has 0 aliphatic heterocycles. The molecule has 20 heavy (non-hydrogen) atoms. The van der Waals surface area contributed by atoms with Crippen molar-refractivity contribution < 1.29 is 19.8 Å². The van der Waals surface area contributed by atoms with Gasteiger partial charge in [-0.3, -0.25) is 4.79 Å². The summed E-state index contributed by atoms with van der Waals surface area (Å²) in [6, 6.07) is 7.11. The molecule has 0 aliphatic rings. The lowest BCUT2D eigenvalue weighted by Gasteiger charge is -2.19. The molecular formula is C14H19NO4S. The Bertz CT molecular complexity index is 500. The monoisotopic (exact) mass is 297 g/mol. The average Bonchev–Trinajstić information content (AvgIpc) is 2.36.